The summed E-state index contributed by atoms with van der Waals surface area (Å²) in [5.74, 6) is 1.02. The van der Waals surface area contributed by atoms with Crippen LogP contribution in [-0.2, 0) is 6.54 Å². The quantitative estimate of drug-likeness (QED) is 0.806. The number of anilines is 1. The van der Waals surface area contributed by atoms with Crippen molar-refractivity contribution in [3.63, 3.8) is 0 Å². The van der Waals surface area contributed by atoms with Crippen LogP contribution < -0.4 is 10.2 Å². The maximum absolute atomic E-state index is 4.60. The number of hydrogen-bond donors (Lipinski definition) is 1. The Morgan fingerprint density at radius 2 is 2.40 bits per heavy atom. The first-order valence-corrected chi connectivity index (χ1v) is 5.53. The normalized spacial score (nSPS) is 20.9. The van der Waals surface area contributed by atoms with Gasteiger partial charge in [0, 0.05) is 25.3 Å². The molecule has 2 heterocycles. The van der Waals surface area contributed by atoms with Crippen molar-refractivity contribution in [2.75, 3.05) is 18.5 Å². The number of nitrogens with zero attached hydrogens (tertiary/aromatic N) is 3. The smallest absolute Gasteiger partial charge is 0.147 e. The highest BCUT2D eigenvalue weighted by molar-refractivity contribution is 5.38. The van der Waals surface area contributed by atoms with Crippen LogP contribution in [0.4, 0.5) is 5.82 Å². The van der Waals surface area contributed by atoms with Gasteiger partial charge in [0.2, 0.25) is 0 Å². The molecule has 1 N–H and O–H groups in total. The Hall–Kier alpha value is -1.16. The Labute approximate surface area is 90.7 Å². The minimum atomic E-state index is 0.601. The van der Waals surface area contributed by atoms with E-state index < -0.39 is 0 Å². The van der Waals surface area contributed by atoms with Crippen LogP contribution >= 0.6 is 0 Å². The highest BCUT2D eigenvalue weighted by atomic mass is 15.2. The van der Waals surface area contributed by atoms with E-state index in [0.717, 1.165) is 24.6 Å². The third-order valence-electron chi connectivity index (χ3n) is 2.88. The van der Waals surface area contributed by atoms with E-state index in [2.05, 4.69) is 27.1 Å². The van der Waals surface area contributed by atoms with Gasteiger partial charge in [-0.1, -0.05) is 0 Å². The molecule has 0 spiro atoms. The fraction of sp³-hybridized carbons (Fsp3) is 0.636. The second-order valence-electron chi connectivity index (χ2n) is 4.08. The molecule has 0 aromatic carbocycles. The maximum atomic E-state index is 4.60. The van der Waals surface area contributed by atoms with Gasteiger partial charge in [-0.2, -0.15) is 0 Å². The summed E-state index contributed by atoms with van der Waals surface area (Å²) in [6.07, 6.45) is 6.21. The standard InChI is InChI=1S/C11H18N4/c1-9-4-3-5-15(9)11-8-13-7-10(14-11)6-12-2/h7-9,12H,3-6H2,1-2H3. The lowest BCUT2D eigenvalue weighted by molar-refractivity contribution is 0.716. The summed E-state index contributed by atoms with van der Waals surface area (Å²) in [6.45, 7) is 4.14. The molecule has 0 amide bonds. The van der Waals surface area contributed by atoms with E-state index in [1.165, 1.54) is 12.8 Å². The molecule has 82 valence electrons. The van der Waals surface area contributed by atoms with E-state index in [9.17, 15) is 0 Å². The fourth-order valence-corrected chi connectivity index (χ4v) is 2.07. The molecule has 2 rings (SSSR count). The monoisotopic (exact) mass is 206 g/mol. The molecule has 1 aromatic heterocycles. The van der Waals surface area contributed by atoms with Gasteiger partial charge in [0.1, 0.15) is 5.82 Å². The van der Waals surface area contributed by atoms with Gasteiger partial charge in [-0.25, -0.2) is 4.98 Å². The second-order valence-corrected chi connectivity index (χ2v) is 4.08. The Morgan fingerprint density at radius 3 is 3.07 bits per heavy atom. The zero-order chi connectivity index (χ0) is 10.7. The molecule has 1 aliphatic rings. The summed E-state index contributed by atoms with van der Waals surface area (Å²) in [7, 11) is 1.92. The molecule has 0 aliphatic carbocycles. The summed E-state index contributed by atoms with van der Waals surface area (Å²) in [5.41, 5.74) is 1.01. The lowest BCUT2D eigenvalue weighted by Crippen LogP contribution is -2.27. The van der Waals surface area contributed by atoms with Crippen molar-refractivity contribution in [3.8, 4) is 0 Å². The molecule has 1 saturated heterocycles. The molecule has 4 heteroatoms. The van der Waals surface area contributed by atoms with Gasteiger partial charge in [-0.3, -0.25) is 4.98 Å². The highest BCUT2D eigenvalue weighted by Gasteiger charge is 2.21. The average Bonchev–Trinajstić information content (AvgIpc) is 2.65. The summed E-state index contributed by atoms with van der Waals surface area (Å²) >= 11 is 0. The number of aromatic nitrogens is 2. The molecule has 1 aromatic rings. The third-order valence-corrected chi connectivity index (χ3v) is 2.88. The van der Waals surface area contributed by atoms with Crippen LogP contribution in [0, 0.1) is 0 Å². The van der Waals surface area contributed by atoms with E-state index in [1.54, 1.807) is 0 Å². The van der Waals surface area contributed by atoms with Crippen molar-refractivity contribution < 1.29 is 0 Å². The van der Waals surface area contributed by atoms with Gasteiger partial charge in [0.15, 0.2) is 0 Å². The first-order chi connectivity index (χ1) is 7.31. The summed E-state index contributed by atoms with van der Waals surface area (Å²) in [5, 5.41) is 3.09. The highest BCUT2D eigenvalue weighted by Crippen LogP contribution is 2.22. The largest absolute Gasteiger partial charge is 0.353 e. The van der Waals surface area contributed by atoms with Crippen LogP contribution in [0.25, 0.3) is 0 Å². The zero-order valence-electron chi connectivity index (χ0n) is 9.40. The summed E-state index contributed by atoms with van der Waals surface area (Å²) in [4.78, 5) is 11.2. The lowest BCUT2D eigenvalue weighted by atomic mass is 10.2. The van der Waals surface area contributed by atoms with Crippen LogP contribution in [0.5, 0.6) is 0 Å². The van der Waals surface area contributed by atoms with E-state index in [-0.39, 0.29) is 0 Å². The topological polar surface area (TPSA) is 41.1 Å². The van der Waals surface area contributed by atoms with Gasteiger partial charge in [-0.05, 0) is 26.8 Å². The Kier molecular flexibility index (Phi) is 3.16. The Morgan fingerprint density at radius 1 is 1.53 bits per heavy atom. The Balaban J connectivity index is 2.16. The number of nitrogens with one attached hydrogen (secondary N) is 1. The van der Waals surface area contributed by atoms with Crippen molar-refractivity contribution in [2.24, 2.45) is 0 Å². The molecule has 1 unspecified atom stereocenters. The number of rotatable bonds is 3. The molecule has 0 radical (unpaired) electrons. The molecule has 0 saturated carbocycles. The molecule has 0 bridgehead atoms. The summed E-state index contributed by atoms with van der Waals surface area (Å²) < 4.78 is 0. The fourth-order valence-electron chi connectivity index (χ4n) is 2.07. The molecular formula is C11H18N4. The van der Waals surface area contributed by atoms with Crippen LogP contribution in [0.15, 0.2) is 12.4 Å². The van der Waals surface area contributed by atoms with E-state index in [1.807, 2.05) is 19.4 Å². The third kappa shape index (κ3) is 2.26. The van der Waals surface area contributed by atoms with E-state index in [0.29, 0.717) is 6.04 Å². The second kappa shape index (κ2) is 4.57. The van der Waals surface area contributed by atoms with Crippen LogP contribution in [-0.4, -0.2) is 29.6 Å². The van der Waals surface area contributed by atoms with Gasteiger partial charge in [0.05, 0.1) is 11.9 Å². The Bertz CT molecular complexity index is 326. The molecule has 15 heavy (non-hydrogen) atoms. The van der Waals surface area contributed by atoms with Gasteiger partial charge in [0.25, 0.3) is 0 Å². The molecule has 1 aliphatic heterocycles. The van der Waals surface area contributed by atoms with E-state index in [4.69, 9.17) is 0 Å². The molecule has 1 atom stereocenters. The van der Waals surface area contributed by atoms with Crippen LogP contribution in [0.2, 0.25) is 0 Å². The van der Waals surface area contributed by atoms with Gasteiger partial charge < -0.3 is 10.2 Å². The minimum absolute atomic E-state index is 0.601. The van der Waals surface area contributed by atoms with Gasteiger partial charge in [-0.15, -0.1) is 0 Å². The predicted molar refractivity (Wildman–Crippen MR) is 60.8 cm³/mol. The number of hydrogen-bond acceptors (Lipinski definition) is 4. The minimum Gasteiger partial charge on any atom is -0.353 e. The first kappa shape index (κ1) is 10.4. The van der Waals surface area contributed by atoms with Crippen LogP contribution in [0.1, 0.15) is 25.5 Å². The molecule has 1 fully saturated rings. The predicted octanol–water partition coefficient (Wildman–Crippen LogP) is 1.18. The van der Waals surface area contributed by atoms with Crippen molar-refractivity contribution in [1.82, 2.24) is 15.3 Å². The van der Waals surface area contributed by atoms with Crippen molar-refractivity contribution in [2.45, 2.75) is 32.4 Å². The van der Waals surface area contributed by atoms with Crippen molar-refractivity contribution in [3.05, 3.63) is 18.1 Å². The SMILES string of the molecule is CNCc1cncc(N2CCCC2C)n1. The first-order valence-electron chi connectivity index (χ1n) is 5.53. The lowest BCUT2D eigenvalue weighted by Gasteiger charge is -2.22. The van der Waals surface area contributed by atoms with Gasteiger partial charge >= 0.3 is 0 Å². The molecule has 4 nitrogen and oxygen atoms in total. The zero-order valence-corrected chi connectivity index (χ0v) is 9.40. The van der Waals surface area contributed by atoms with Crippen molar-refractivity contribution in [1.29, 1.82) is 0 Å². The summed E-state index contributed by atoms with van der Waals surface area (Å²) in [6, 6.07) is 0.601. The molecular weight excluding hydrogens is 188 g/mol. The average molecular weight is 206 g/mol. The maximum Gasteiger partial charge on any atom is 0.147 e. The van der Waals surface area contributed by atoms with Crippen LogP contribution in [0.3, 0.4) is 0 Å². The van der Waals surface area contributed by atoms with Crippen molar-refractivity contribution >= 4 is 5.82 Å². The van der Waals surface area contributed by atoms with E-state index >= 15 is 0 Å².